The maximum absolute atomic E-state index is 5.48. The standard InChI is InChI=1S/C15H18O/c1-2-16-14-5-3-13(4-6-14)15-9-7-12(11-15)8-10-15/h3-7,9,12H,2,8,10-11H2,1H3. The third kappa shape index (κ3) is 1.46. The molecule has 0 aliphatic heterocycles. The molecule has 84 valence electrons. The molecule has 16 heavy (non-hydrogen) atoms. The van der Waals surface area contributed by atoms with Crippen LogP contribution >= 0.6 is 0 Å². The van der Waals surface area contributed by atoms with E-state index in [1.165, 1.54) is 24.8 Å². The van der Waals surface area contributed by atoms with Crippen molar-refractivity contribution in [1.82, 2.24) is 0 Å². The number of ether oxygens (including phenoxy) is 1. The van der Waals surface area contributed by atoms with Crippen molar-refractivity contribution in [3.05, 3.63) is 42.0 Å². The molecule has 2 bridgehead atoms. The summed E-state index contributed by atoms with van der Waals surface area (Å²) in [4.78, 5) is 0. The van der Waals surface area contributed by atoms with Gasteiger partial charge in [-0.2, -0.15) is 0 Å². The predicted octanol–water partition coefficient (Wildman–Crippen LogP) is 3.69. The van der Waals surface area contributed by atoms with Crippen molar-refractivity contribution >= 4 is 0 Å². The molecule has 3 rings (SSSR count). The first-order valence-electron chi connectivity index (χ1n) is 6.25. The van der Waals surface area contributed by atoms with Crippen LogP contribution in [0.2, 0.25) is 0 Å². The smallest absolute Gasteiger partial charge is 0.119 e. The summed E-state index contributed by atoms with van der Waals surface area (Å²) in [6.07, 6.45) is 8.84. The Kier molecular flexibility index (Phi) is 2.27. The molecule has 0 radical (unpaired) electrons. The minimum absolute atomic E-state index is 0.357. The molecular weight excluding hydrogens is 196 g/mol. The molecule has 2 aliphatic rings. The van der Waals surface area contributed by atoms with Crippen molar-refractivity contribution in [2.45, 2.75) is 31.6 Å². The van der Waals surface area contributed by atoms with Gasteiger partial charge in [0.2, 0.25) is 0 Å². The molecule has 0 aromatic heterocycles. The van der Waals surface area contributed by atoms with Crippen LogP contribution in [0.15, 0.2) is 36.4 Å². The number of hydrogen-bond donors (Lipinski definition) is 0. The van der Waals surface area contributed by atoms with Crippen LogP contribution in [-0.4, -0.2) is 6.61 Å². The number of benzene rings is 1. The monoisotopic (exact) mass is 214 g/mol. The van der Waals surface area contributed by atoms with E-state index in [1.54, 1.807) is 0 Å². The largest absolute Gasteiger partial charge is 0.494 e. The quantitative estimate of drug-likeness (QED) is 0.697. The Hall–Kier alpha value is -1.24. The molecule has 0 N–H and O–H groups in total. The van der Waals surface area contributed by atoms with Crippen LogP contribution in [0.3, 0.4) is 0 Å². The highest BCUT2D eigenvalue weighted by Crippen LogP contribution is 2.50. The third-order valence-electron chi connectivity index (χ3n) is 4.02. The van der Waals surface area contributed by atoms with E-state index in [9.17, 15) is 0 Å². The molecule has 2 aliphatic carbocycles. The van der Waals surface area contributed by atoms with Gasteiger partial charge >= 0.3 is 0 Å². The van der Waals surface area contributed by atoms with E-state index in [1.807, 2.05) is 6.92 Å². The van der Waals surface area contributed by atoms with Gasteiger partial charge in [0.25, 0.3) is 0 Å². The van der Waals surface area contributed by atoms with E-state index in [0.717, 1.165) is 18.3 Å². The number of hydrogen-bond acceptors (Lipinski definition) is 1. The van der Waals surface area contributed by atoms with Gasteiger partial charge in [-0.05, 0) is 49.8 Å². The van der Waals surface area contributed by atoms with Gasteiger partial charge in [-0.1, -0.05) is 24.3 Å². The minimum Gasteiger partial charge on any atom is -0.494 e. The summed E-state index contributed by atoms with van der Waals surface area (Å²) in [5.41, 5.74) is 1.82. The van der Waals surface area contributed by atoms with Crippen LogP contribution in [0.25, 0.3) is 0 Å². The average molecular weight is 214 g/mol. The zero-order valence-electron chi connectivity index (χ0n) is 9.78. The normalized spacial score (nSPS) is 30.9. The van der Waals surface area contributed by atoms with Crippen LogP contribution in [0.1, 0.15) is 31.7 Å². The second kappa shape index (κ2) is 3.65. The lowest BCUT2D eigenvalue weighted by atomic mass is 9.80. The first-order valence-corrected chi connectivity index (χ1v) is 6.25. The van der Waals surface area contributed by atoms with Gasteiger partial charge in [0.15, 0.2) is 0 Å². The van der Waals surface area contributed by atoms with E-state index >= 15 is 0 Å². The highest BCUT2D eigenvalue weighted by Gasteiger charge is 2.41. The maximum atomic E-state index is 5.48. The second-order valence-corrected chi connectivity index (χ2v) is 4.98. The Morgan fingerprint density at radius 1 is 1.31 bits per heavy atom. The molecule has 0 saturated heterocycles. The molecule has 1 aromatic rings. The zero-order chi connectivity index (χ0) is 11.0. The summed E-state index contributed by atoms with van der Waals surface area (Å²) < 4.78 is 5.48. The van der Waals surface area contributed by atoms with Crippen LogP contribution in [0.4, 0.5) is 0 Å². The highest BCUT2D eigenvalue weighted by molar-refractivity contribution is 5.39. The zero-order valence-corrected chi connectivity index (χ0v) is 9.78. The summed E-state index contributed by atoms with van der Waals surface area (Å²) in [7, 11) is 0. The van der Waals surface area contributed by atoms with Crippen LogP contribution in [-0.2, 0) is 5.41 Å². The van der Waals surface area contributed by atoms with Crippen molar-refractivity contribution in [1.29, 1.82) is 0 Å². The first kappa shape index (κ1) is 9.95. The fraction of sp³-hybridized carbons (Fsp3) is 0.467. The SMILES string of the molecule is CCOc1ccc(C23C=CC(CC2)C3)cc1. The average Bonchev–Trinajstić information content (AvgIpc) is 2.91. The summed E-state index contributed by atoms with van der Waals surface area (Å²) in [6.45, 7) is 2.76. The number of rotatable bonds is 3. The van der Waals surface area contributed by atoms with Gasteiger partial charge in [0.05, 0.1) is 6.61 Å². The molecule has 2 unspecified atom stereocenters. The molecule has 1 aromatic carbocycles. The van der Waals surface area contributed by atoms with Crippen LogP contribution < -0.4 is 4.74 Å². The van der Waals surface area contributed by atoms with Gasteiger partial charge in [-0.15, -0.1) is 0 Å². The Balaban J connectivity index is 1.87. The topological polar surface area (TPSA) is 9.23 Å². The summed E-state index contributed by atoms with van der Waals surface area (Å²) in [5, 5.41) is 0. The van der Waals surface area contributed by atoms with Crippen molar-refractivity contribution in [3.63, 3.8) is 0 Å². The minimum atomic E-state index is 0.357. The second-order valence-electron chi connectivity index (χ2n) is 4.98. The molecular formula is C15H18O. The highest BCUT2D eigenvalue weighted by atomic mass is 16.5. The molecule has 2 atom stereocenters. The Morgan fingerprint density at radius 2 is 2.12 bits per heavy atom. The number of fused-ring (bicyclic) bond motifs is 2. The van der Waals surface area contributed by atoms with Gasteiger partial charge < -0.3 is 4.74 Å². The Bertz CT molecular complexity index is 404. The van der Waals surface area contributed by atoms with E-state index in [4.69, 9.17) is 4.74 Å². The fourth-order valence-electron chi connectivity index (χ4n) is 3.16. The third-order valence-corrected chi connectivity index (χ3v) is 4.02. The lowest BCUT2D eigenvalue weighted by Crippen LogP contribution is -2.16. The fourth-order valence-corrected chi connectivity index (χ4v) is 3.16. The molecule has 1 fully saturated rings. The van der Waals surface area contributed by atoms with E-state index in [-0.39, 0.29) is 0 Å². The molecule has 1 saturated carbocycles. The van der Waals surface area contributed by atoms with Crippen molar-refractivity contribution in [2.75, 3.05) is 6.61 Å². The van der Waals surface area contributed by atoms with Gasteiger partial charge in [-0.25, -0.2) is 0 Å². The van der Waals surface area contributed by atoms with Crippen molar-refractivity contribution in [2.24, 2.45) is 5.92 Å². The number of allylic oxidation sites excluding steroid dienone is 2. The van der Waals surface area contributed by atoms with Crippen molar-refractivity contribution in [3.8, 4) is 5.75 Å². The van der Waals surface area contributed by atoms with E-state index in [2.05, 4.69) is 36.4 Å². The Morgan fingerprint density at radius 3 is 2.62 bits per heavy atom. The summed E-state index contributed by atoms with van der Waals surface area (Å²) >= 11 is 0. The molecule has 1 nitrogen and oxygen atoms in total. The summed E-state index contributed by atoms with van der Waals surface area (Å²) in [5.74, 6) is 1.82. The molecule has 0 amide bonds. The van der Waals surface area contributed by atoms with Crippen LogP contribution in [0.5, 0.6) is 5.75 Å². The molecule has 1 heteroatoms. The van der Waals surface area contributed by atoms with E-state index < -0.39 is 0 Å². The lowest BCUT2D eigenvalue weighted by Gasteiger charge is -2.24. The summed E-state index contributed by atoms with van der Waals surface area (Å²) in [6, 6.07) is 8.69. The molecule has 0 spiro atoms. The van der Waals surface area contributed by atoms with E-state index in [0.29, 0.717) is 5.41 Å². The van der Waals surface area contributed by atoms with Gasteiger partial charge in [0, 0.05) is 5.41 Å². The van der Waals surface area contributed by atoms with Crippen LogP contribution in [0, 0.1) is 5.92 Å². The predicted molar refractivity (Wildman–Crippen MR) is 65.8 cm³/mol. The van der Waals surface area contributed by atoms with Gasteiger partial charge in [0.1, 0.15) is 5.75 Å². The van der Waals surface area contributed by atoms with Crippen molar-refractivity contribution < 1.29 is 4.74 Å². The van der Waals surface area contributed by atoms with Gasteiger partial charge in [-0.3, -0.25) is 0 Å². The molecule has 0 heterocycles. The first-order chi connectivity index (χ1) is 7.82. The Labute approximate surface area is 97.1 Å². The lowest BCUT2D eigenvalue weighted by molar-refractivity contribution is 0.340. The maximum Gasteiger partial charge on any atom is 0.119 e.